The van der Waals surface area contributed by atoms with Crippen molar-refractivity contribution in [1.29, 1.82) is 0 Å². The summed E-state index contributed by atoms with van der Waals surface area (Å²) in [6.07, 6.45) is 3.74. The average molecular weight is 499 g/mol. The number of para-hydroxylation sites is 1. The molecule has 2 amide bonds. The Morgan fingerprint density at radius 2 is 1.75 bits per heavy atom. The zero-order valence-corrected chi connectivity index (χ0v) is 21.0. The zero-order chi connectivity index (χ0) is 25.2. The van der Waals surface area contributed by atoms with Gasteiger partial charge in [-0.05, 0) is 52.2 Å². The van der Waals surface area contributed by atoms with Gasteiger partial charge in [0.15, 0.2) is 0 Å². The van der Waals surface area contributed by atoms with Crippen LogP contribution in [0.3, 0.4) is 0 Å². The van der Waals surface area contributed by atoms with Crippen LogP contribution >= 0.6 is 11.8 Å². The number of benzene rings is 3. The van der Waals surface area contributed by atoms with Crippen LogP contribution in [0.15, 0.2) is 77.8 Å². The van der Waals surface area contributed by atoms with Crippen molar-refractivity contribution in [3.05, 3.63) is 89.0 Å². The quantitative estimate of drug-likeness (QED) is 0.228. The summed E-state index contributed by atoms with van der Waals surface area (Å²) in [5.41, 5.74) is 3.05. The van der Waals surface area contributed by atoms with Gasteiger partial charge in [0, 0.05) is 29.2 Å². The molecular weight excluding hydrogens is 472 g/mol. The molecule has 36 heavy (non-hydrogen) atoms. The van der Waals surface area contributed by atoms with Gasteiger partial charge in [-0.25, -0.2) is 0 Å². The molecule has 5 rings (SSSR count). The summed E-state index contributed by atoms with van der Waals surface area (Å²) in [7, 11) is 0. The fourth-order valence-corrected chi connectivity index (χ4v) is 5.10. The van der Waals surface area contributed by atoms with Crippen molar-refractivity contribution in [3.8, 4) is 0 Å². The van der Waals surface area contributed by atoms with Crippen LogP contribution in [-0.4, -0.2) is 39.7 Å². The molecule has 0 radical (unpaired) electrons. The van der Waals surface area contributed by atoms with E-state index in [1.165, 1.54) is 16.3 Å². The van der Waals surface area contributed by atoms with Crippen LogP contribution in [0, 0.1) is 5.92 Å². The Kier molecular flexibility index (Phi) is 6.65. The Balaban J connectivity index is 1.41. The average Bonchev–Trinajstić information content (AvgIpc) is 3.34. The first kappa shape index (κ1) is 23.9. The number of fused-ring (bicyclic) bond motifs is 2. The molecular formula is C29H26N2O4S. The number of rotatable bonds is 7. The molecule has 2 heterocycles. The summed E-state index contributed by atoms with van der Waals surface area (Å²) in [4.78, 5) is 38.8. The fourth-order valence-electron chi connectivity index (χ4n) is 4.27. The molecule has 6 nitrogen and oxygen atoms in total. The predicted octanol–water partition coefficient (Wildman–Crippen LogP) is 6.08. The second kappa shape index (κ2) is 10.0. The lowest BCUT2D eigenvalue weighted by Gasteiger charge is -2.12. The third-order valence-corrected chi connectivity index (χ3v) is 6.92. The van der Waals surface area contributed by atoms with E-state index in [0.717, 1.165) is 33.1 Å². The molecule has 0 bridgehead atoms. The summed E-state index contributed by atoms with van der Waals surface area (Å²) in [6.45, 7) is 4.39. The van der Waals surface area contributed by atoms with Gasteiger partial charge in [-0.15, -0.1) is 0 Å². The standard InChI is InChI=1S/C29H26N2O4S/c1-19(2)18-35-27(32)17-31-28(33)26(36-29(31)34)14-23-16-30(25-10-6-5-9-24(23)25)15-20-11-12-21-7-3-4-8-22(21)13-20/h3-14,16,19H,15,17-18H2,1-2H3/b26-14-. The molecule has 0 unspecified atom stereocenters. The molecule has 0 saturated carbocycles. The molecule has 0 N–H and O–H groups in total. The number of carbonyl (C=O) groups excluding carboxylic acids is 3. The minimum Gasteiger partial charge on any atom is -0.464 e. The molecule has 4 aromatic rings. The van der Waals surface area contributed by atoms with E-state index in [1.54, 1.807) is 6.08 Å². The highest BCUT2D eigenvalue weighted by Crippen LogP contribution is 2.34. The molecule has 1 fully saturated rings. The van der Waals surface area contributed by atoms with Gasteiger partial charge in [-0.2, -0.15) is 0 Å². The number of carbonyl (C=O) groups is 3. The van der Waals surface area contributed by atoms with Gasteiger partial charge in [-0.1, -0.05) is 68.4 Å². The van der Waals surface area contributed by atoms with Crippen molar-refractivity contribution in [2.24, 2.45) is 5.92 Å². The molecule has 3 aromatic carbocycles. The minimum absolute atomic E-state index is 0.177. The maximum Gasteiger partial charge on any atom is 0.326 e. The van der Waals surface area contributed by atoms with Crippen LogP contribution in [0.1, 0.15) is 25.0 Å². The second-order valence-corrected chi connectivity index (χ2v) is 10.2. The number of amides is 2. The summed E-state index contributed by atoms with van der Waals surface area (Å²) < 4.78 is 7.29. The van der Waals surface area contributed by atoms with E-state index in [2.05, 4.69) is 34.9 Å². The SMILES string of the molecule is CC(C)COC(=O)CN1C(=O)S/C(=C\c2cn(Cc3ccc4ccccc4c3)c3ccccc23)C1=O. The summed E-state index contributed by atoms with van der Waals surface area (Å²) >= 11 is 0.848. The number of hydrogen-bond donors (Lipinski definition) is 0. The Morgan fingerprint density at radius 1 is 1.00 bits per heavy atom. The van der Waals surface area contributed by atoms with Gasteiger partial charge in [0.1, 0.15) is 6.54 Å². The topological polar surface area (TPSA) is 68.6 Å². The Morgan fingerprint density at radius 3 is 2.56 bits per heavy atom. The van der Waals surface area contributed by atoms with E-state index in [1.807, 2.05) is 56.4 Å². The smallest absolute Gasteiger partial charge is 0.326 e. The molecule has 1 saturated heterocycles. The van der Waals surface area contributed by atoms with Gasteiger partial charge >= 0.3 is 5.97 Å². The largest absolute Gasteiger partial charge is 0.464 e. The van der Waals surface area contributed by atoms with E-state index in [0.29, 0.717) is 11.4 Å². The molecule has 0 atom stereocenters. The van der Waals surface area contributed by atoms with Gasteiger partial charge in [0.05, 0.1) is 11.5 Å². The van der Waals surface area contributed by atoms with Crippen LogP contribution in [0.2, 0.25) is 0 Å². The van der Waals surface area contributed by atoms with Crippen LogP contribution in [0.5, 0.6) is 0 Å². The summed E-state index contributed by atoms with van der Waals surface area (Å²) in [6, 6.07) is 22.7. The van der Waals surface area contributed by atoms with Crippen molar-refractivity contribution < 1.29 is 19.1 Å². The van der Waals surface area contributed by atoms with E-state index in [4.69, 9.17) is 4.74 Å². The molecule has 1 aromatic heterocycles. The number of nitrogens with zero attached hydrogens (tertiary/aromatic N) is 2. The normalized spacial score (nSPS) is 15.1. The van der Waals surface area contributed by atoms with E-state index in [9.17, 15) is 14.4 Å². The first-order valence-electron chi connectivity index (χ1n) is 11.9. The molecule has 0 spiro atoms. The summed E-state index contributed by atoms with van der Waals surface area (Å²) in [5, 5.41) is 2.91. The van der Waals surface area contributed by atoms with Crippen LogP contribution in [0.25, 0.3) is 27.8 Å². The monoisotopic (exact) mass is 498 g/mol. The lowest BCUT2D eigenvalue weighted by Crippen LogP contribution is -2.34. The van der Waals surface area contributed by atoms with Crippen molar-refractivity contribution >= 4 is 56.6 Å². The van der Waals surface area contributed by atoms with Gasteiger partial charge in [0.2, 0.25) is 0 Å². The second-order valence-electron chi connectivity index (χ2n) is 9.26. The molecule has 7 heteroatoms. The number of aromatic nitrogens is 1. The third kappa shape index (κ3) is 4.93. The highest BCUT2D eigenvalue weighted by Gasteiger charge is 2.36. The third-order valence-electron chi connectivity index (χ3n) is 6.01. The minimum atomic E-state index is -0.584. The first-order valence-corrected chi connectivity index (χ1v) is 12.7. The van der Waals surface area contributed by atoms with Crippen LogP contribution in [0.4, 0.5) is 4.79 Å². The number of hydrogen-bond acceptors (Lipinski definition) is 5. The Hall–Kier alpha value is -3.84. The Labute approximate surface area is 213 Å². The lowest BCUT2D eigenvalue weighted by molar-refractivity contribution is -0.147. The zero-order valence-electron chi connectivity index (χ0n) is 20.1. The van der Waals surface area contributed by atoms with Gasteiger partial charge in [0.25, 0.3) is 11.1 Å². The maximum absolute atomic E-state index is 13.0. The van der Waals surface area contributed by atoms with Crippen molar-refractivity contribution in [2.45, 2.75) is 20.4 Å². The predicted molar refractivity (Wildman–Crippen MR) is 143 cm³/mol. The number of ether oxygens (including phenoxy) is 1. The first-order chi connectivity index (χ1) is 17.4. The molecule has 1 aliphatic heterocycles. The maximum atomic E-state index is 13.0. The number of esters is 1. The van der Waals surface area contributed by atoms with Gasteiger partial charge < -0.3 is 9.30 Å². The van der Waals surface area contributed by atoms with E-state index >= 15 is 0 Å². The van der Waals surface area contributed by atoms with Crippen LogP contribution < -0.4 is 0 Å². The Bertz CT molecular complexity index is 1520. The molecule has 1 aliphatic rings. The van der Waals surface area contributed by atoms with Crippen LogP contribution in [-0.2, 0) is 20.9 Å². The van der Waals surface area contributed by atoms with E-state index < -0.39 is 17.1 Å². The highest BCUT2D eigenvalue weighted by molar-refractivity contribution is 8.18. The van der Waals surface area contributed by atoms with Crippen molar-refractivity contribution in [3.63, 3.8) is 0 Å². The fraction of sp³-hybridized carbons (Fsp3) is 0.207. The number of thioether (sulfide) groups is 1. The molecule has 0 aliphatic carbocycles. The highest BCUT2D eigenvalue weighted by atomic mass is 32.2. The molecule has 182 valence electrons. The lowest BCUT2D eigenvalue weighted by atomic mass is 10.1. The van der Waals surface area contributed by atoms with Gasteiger partial charge in [-0.3, -0.25) is 19.3 Å². The summed E-state index contributed by atoms with van der Waals surface area (Å²) in [5.74, 6) is -0.882. The van der Waals surface area contributed by atoms with Crippen molar-refractivity contribution in [1.82, 2.24) is 9.47 Å². The number of imide groups is 1. The van der Waals surface area contributed by atoms with E-state index in [-0.39, 0.29) is 19.1 Å². The van der Waals surface area contributed by atoms with Crippen molar-refractivity contribution in [2.75, 3.05) is 13.2 Å².